The molecule has 0 aliphatic carbocycles. The van der Waals surface area contributed by atoms with Crippen LogP contribution in [0.4, 0.5) is 0 Å². The van der Waals surface area contributed by atoms with Crippen LogP contribution in [0.15, 0.2) is 80.4 Å². The minimum Gasteiger partial charge on any atom is -0.497 e. The zero-order valence-electron chi connectivity index (χ0n) is 16.7. The fourth-order valence-corrected chi connectivity index (χ4v) is 3.60. The van der Waals surface area contributed by atoms with Crippen molar-refractivity contribution in [1.29, 1.82) is 0 Å². The minimum absolute atomic E-state index is 0.270. The molecule has 0 saturated carbocycles. The molecule has 0 N–H and O–H groups in total. The average molecular weight is 481 g/mol. The van der Waals surface area contributed by atoms with E-state index >= 15 is 0 Å². The third-order valence-corrected chi connectivity index (χ3v) is 5.40. The van der Waals surface area contributed by atoms with Crippen LogP contribution in [0.3, 0.4) is 0 Å². The van der Waals surface area contributed by atoms with E-state index in [0.29, 0.717) is 43.6 Å². The van der Waals surface area contributed by atoms with Crippen molar-refractivity contribution in [1.82, 2.24) is 0 Å². The second-order valence-electron chi connectivity index (χ2n) is 6.58. The molecule has 0 fully saturated rings. The average Bonchev–Trinajstić information content (AvgIpc) is 2.78. The Balaban J connectivity index is 1.70. The number of hydrogen-bond donors (Lipinski definition) is 0. The molecule has 3 aromatic carbocycles. The second kappa shape index (κ2) is 8.65. The molecule has 6 nitrogen and oxygen atoms in total. The van der Waals surface area contributed by atoms with E-state index in [0.717, 1.165) is 0 Å². The number of ether oxygens (including phenoxy) is 3. The smallest absolute Gasteiger partial charge is 0.344 e. The monoisotopic (exact) mass is 480 g/mol. The summed E-state index contributed by atoms with van der Waals surface area (Å²) in [4.78, 5) is 25.1. The van der Waals surface area contributed by atoms with Crippen LogP contribution in [-0.2, 0) is 0 Å². The van der Waals surface area contributed by atoms with Crippen molar-refractivity contribution in [2.45, 2.75) is 0 Å². The van der Waals surface area contributed by atoms with Gasteiger partial charge in [-0.3, -0.25) is 0 Å². The summed E-state index contributed by atoms with van der Waals surface area (Å²) in [5, 5.41) is 0.674. The van der Waals surface area contributed by atoms with Crippen molar-refractivity contribution < 1.29 is 23.4 Å². The van der Waals surface area contributed by atoms with Gasteiger partial charge in [0.1, 0.15) is 22.8 Å². The van der Waals surface area contributed by atoms with E-state index in [9.17, 15) is 9.59 Å². The Kier molecular flexibility index (Phi) is 5.77. The molecule has 4 rings (SSSR count). The lowest BCUT2D eigenvalue weighted by Gasteiger charge is -2.11. The van der Waals surface area contributed by atoms with Gasteiger partial charge in [-0.05, 0) is 58.4 Å². The van der Waals surface area contributed by atoms with Crippen molar-refractivity contribution >= 4 is 32.9 Å². The first-order valence-corrected chi connectivity index (χ1v) is 10.1. The molecule has 4 aromatic rings. The van der Waals surface area contributed by atoms with E-state index in [1.807, 2.05) is 0 Å². The highest BCUT2D eigenvalue weighted by Gasteiger charge is 2.16. The van der Waals surface area contributed by atoms with Crippen molar-refractivity contribution in [3.8, 4) is 28.4 Å². The number of carbonyl (C=O) groups is 1. The molecule has 0 saturated heterocycles. The fourth-order valence-electron chi connectivity index (χ4n) is 3.15. The Hall–Kier alpha value is -3.58. The van der Waals surface area contributed by atoms with Gasteiger partial charge in [-0.15, -0.1) is 0 Å². The molecule has 7 heteroatoms. The van der Waals surface area contributed by atoms with Crippen LogP contribution in [0, 0.1) is 0 Å². The van der Waals surface area contributed by atoms with Gasteiger partial charge in [0, 0.05) is 27.6 Å². The van der Waals surface area contributed by atoms with Crippen molar-refractivity contribution in [3.63, 3.8) is 0 Å². The first kappa shape index (κ1) is 20.7. The summed E-state index contributed by atoms with van der Waals surface area (Å²) >= 11 is 3.33. The topological polar surface area (TPSA) is 75.0 Å². The third kappa shape index (κ3) is 4.18. The summed E-state index contributed by atoms with van der Waals surface area (Å²) < 4.78 is 22.2. The first-order valence-electron chi connectivity index (χ1n) is 9.27. The van der Waals surface area contributed by atoms with E-state index in [1.165, 1.54) is 13.2 Å². The van der Waals surface area contributed by atoms with Crippen LogP contribution < -0.4 is 19.8 Å². The Morgan fingerprint density at radius 1 is 0.871 bits per heavy atom. The predicted octanol–water partition coefficient (Wildman–Crippen LogP) is 5.46. The molecule has 0 aliphatic heterocycles. The highest BCUT2D eigenvalue weighted by molar-refractivity contribution is 9.10. The van der Waals surface area contributed by atoms with Crippen LogP contribution in [0.25, 0.3) is 22.1 Å². The number of esters is 1. The number of methoxy groups -OCH3 is 2. The van der Waals surface area contributed by atoms with E-state index < -0.39 is 11.6 Å². The van der Waals surface area contributed by atoms with Crippen LogP contribution in [0.5, 0.6) is 17.2 Å². The molecule has 0 bridgehead atoms. The van der Waals surface area contributed by atoms with E-state index in [-0.39, 0.29) is 5.75 Å². The number of fused-ring (bicyclic) bond motifs is 1. The van der Waals surface area contributed by atoms with E-state index in [1.54, 1.807) is 67.8 Å². The molecule has 1 aromatic heterocycles. The van der Waals surface area contributed by atoms with Gasteiger partial charge >= 0.3 is 11.6 Å². The van der Waals surface area contributed by atoms with E-state index in [2.05, 4.69) is 15.9 Å². The Labute approximate surface area is 186 Å². The molecule has 156 valence electrons. The number of hydrogen-bond acceptors (Lipinski definition) is 6. The zero-order valence-corrected chi connectivity index (χ0v) is 18.3. The number of carbonyl (C=O) groups excluding carboxylic acids is 1. The largest absolute Gasteiger partial charge is 0.497 e. The SMILES string of the molecule is COc1ccc(-c2cc3ccc(OC(=O)c4ccccc4Br)cc3oc2=O)c(OC)c1. The molecule has 0 amide bonds. The van der Waals surface area contributed by atoms with Crippen molar-refractivity contribution in [3.05, 3.63) is 87.2 Å². The molecular weight excluding hydrogens is 464 g/mol. The van der Waals surface area contributed by atoms with Crippen LogP contribution >= 0.6 is 15.9 Å². The second-order valence-corrected chi connectivity index (χ2v) is 7.44. The van der Waals surface area contributed by atoms with E-state index in [4.69, 9.17) is 18.6 Å². The predicted molar refractivity (Wildman–Crippen MR) is 120 cm³/mol. The number of rotatable bonds is 5. The van der Waals surface area contributed by atoms with Gasteiger partial charge < -0.3 is 18.6 Å². The molecule has 0 spiro atoms. The van der Waals surface area contributed by atoms with Gasteiger partial charge in [-0.25, -0.2) is 9.59 Å². The molecule has 0 aliphatic rings. The minimum atomic E-state index is -0.537. The molecule has 1 heterocycles. The number of benzene rings is 3. The number of halogens is 1. The molecule has 0 radical (unpaired) electrons. The summed E-state index contributed by atoms with van der Waals surface area (Å²) in [5.74, 6) is 0.854. The van der Waals surface area contributed by atoms with Gasteiger partial charge in [0.2, 0.25) is 0 Å². The van der Waals surface area contributed by atoms with Gasteiger partial charge in [0.15, 0.2) is 0 Å². The Bertz CT molecular complexity index is 1340. The summed E-state index contributed by atoms with van der Waals surface area (Å²) in [5.41, 5.74) is 1.10. The first-order chi connectivity index (χ1) is 15.0. The van der Waals surface area contributed by atoms with Crippen molar-refractivity contribution in [2.75, 3.05) is 14.2 Å². The molecule has 0 unspecified atom stereocenters. The van der Waals surface area contributed by atoms with Crippen molar-refractivity contribution in [2.24, 2.45) is 0 Å². The quantitative estimate of drug-likeness (QED) is 0.214. The molecule has 31 heavy (non-hydrogen) atoms. The lowest BCUT2D eigenvalue weighted by atomic mass is 10.0. The summed E-state index contributed by atoms with van der Waals surface area (Å²) in [6.45, 7) is 0. The Morgan fingerprint density at radius 2 is 1.65 bits per heavy atom. The van der Waals surface area contributed by atoms with Gasteiger partial charge in [0.05, 0.1) is 25.3 Å². The van der Waals surface area contributed by atoms with Crippen LogP contribution in [0.2, 0.25) is 0 Å². The molecular formula is C24H17BrO6. The maximum absolute atomic E-state index is 12.7. The highest BCUT2D eigenvalue weighted by atomic mass is 79.9. The lowest BCUT2D eigenvalue weighted by molar-refractivity contribution is 0.0734. The fraction of sp³-hybridized carbons (Fsp3) is 0.0833. The van der Waals surface area contributed by atoms with Crippen LogP contribution in [-0.4, -0.2) is 20.2 Å². The zero-order chi connectivity index (χ0) is 22.0. The summed E-state index contributed by atoms with van der Waals surface area (Å²) in [6, 6.07) is 18.7. The van der Waals surface area contributed by atoms with Crippen LogP contribution in [0.1, 0.15) is 10.4 Å². The Morgan fingerprint density at radius 3 is 2.39 bits per heavy atom. The maximum Gasteiger partial charge on any atom is 0.344 e. The molecule has 0 atom stereocenters. The third-order valence-electron chi connectivity index (χ3n) is 4.71. The van der Waals surface area contributed by atoms with Gasteiger partial charge in [-0.1, -0.05) is 12.1 Å². The standard InChI is InChI=1S/C24H17BrO6/c1-28-15-9-10-17(22(12-15)29-2)19-11-14-7-8-16(13-21(14)31-24(19)27)30-23(26)18-5-3-4-6-20(18)25/h3-13H,1-2H3. The lowest BCUT2D eigenvalue weighted by Crippen LogP contribution is -2.09. The highest BCUT2D eigenvalue weighted by Crippen LogP contribution is 2.33. The van der Waals surface area contributed by atoms with Gasteiger partial charge in [-0.2, -0.15) is 0 Å². The normalized spacial score (nSPS) is 10.7. The summed E-state index contributed by atoms with van der Waals surface area (Å²) in [6.07, 6.45) is 0. The summed E-state index contributed by atoms with van der Waals surface area (Å²) in [7, 11) is 3.08. The van der Waals surface area contributed by atoms with Gasteiger partial charge in [0.25, 0.3) is 0 Å². The maximum atomic E-state index is 12.7.